The van der Waals surface area contributed by atoms with Crippen LogP contribution >= 0.6 is 11.8 Å². The van der Waals surface area contributed by atoms with Gasteiger partial charge >= 0.3 is 0 Å². The molecule has 0 aromatic carbocycles. The predicted molar refractivity (Wildman–Crippen MR) is 73.3 cm³/mol. The molecule has 4 heteroatoms. The molecule has 1 amide bonds. The van der Waals surface area contributed by atoms with E-state index in [4.69, 9.17) is 0 Å². The summed E-state index contributed by atoms with van der Waals surface area (Å²) < 4.78 is 0.296. The van der Waals surface area contributed by atoms with Crippen molar-refractivity contribution in [3.8, 4) is 0 Å². The van der Waals surface area contributed by atoms with E-state index >= 15 is 0 Å². The van der Waals surface area contributed by atoms with Gasteiger partial charge in [0.05, 0.1) is 0 Å². The Labute approximate surface area is 108 Å². The van der Waals surface area contributed by atoms with Crippen molar-refractivity contribution in [2.24, 2.45) is 5.92 Å². The minimum absolute atomic E-state index is 0.241. The first-order valence-electron chi connectivity index (χ1n) is 6.79. The van der Waals surface area contributed by atoms with E-state index in [0.29, 0.717) is 11.2 Å². The van der Waals surface area contributed by atoms with Gasteiger partial charge in [0.25, 0.3) is 0 Å². The fourth-order valence-corrected chi connectivity index (χ4v) is 3.89. The minimum Gasteiger partial charge on any atom is -0.355 e. The lowest BCUT2D eigenvalue weighted by Crippen LogP contribution is -2.36. The highest BCUT2D eigenvalue weighted by molar-refractivity contribution is 8.00. The topological polar surface area (TPSA) is 41.1 Å². The molecule has 2 aliphatic rings. The van der Waals surface area contributed by atoms with Crippen molar-refractivity contribution in [3.63, 3.8) is 0 Å². The molecule has 2 aliphatic heterocycles. The van der Waals surface area contributed by atoms with Crippen LogP contribution in [0.25, 0.3) is 0 Å². The Balaban J connectivity index is 1.60. The summed E-state index contributed by atoms with van der Waals surface area (Å²) in [6, 6.07) is 0. The highest BCUT2D eigenvalue weighted by atomic mass is 32.2. The third kappa shape index (κ3) is 4.18. The molecule has 0 spiro atoms. The van der Waals surface area contributed by atoms with Gasteiger partial charge < -0.3 is 10.6 Å². The largest absolute Gasteiger partial charge is 0.355 e. The van der Waals surface area contributed by atoms with Crippen molar-refractivity contribution in [1.29, 1.82) is 0 Å². The molecule has 17 heavy (non-hydrogen) atoms. The first-order valence-corrected chi connectivity index (χ1v) is 7.78. The standard InChI is InChI=1S/C13H24N2OS/c1-13(6-2-8-17-13)10-15-12(16)4-3-11-5-7-14-9-11/h11,14H,2-10H2,1H3,(H,15,16). The van der Waals surface area contributed by atoms with Crippen LogP contribution in [0.1, 0.15) is 39.0 Å². The van der Waals surface area contributed by atoms with Crippen LogP contribution in [-0.2, 0) is 4.79 Å². The third-order valence-corrected chi connectivity index (χ3v) is 5.44. The number of carbonyl (C=O) groups is 1. The average molecular weight is 256 g/mol. The fourth-order valence-electron chi connectivity index (χ4n) is 2.65. The number of rotatable bonds is 5. The zero-order valence-electron chi connectivity index (χ0n) is 10.8. The molecule has 0 saturated carbocycles. The highest BCUT2D eigenvalue weighted by Gasteiger charge is 2.29. The predicted octanol–water partition coefficient (Wildman–Crippen LogP) is 1.78. The molecule has 98 valence electrons. The maximum Gasteiger partial charge on any atom is 0.220 e. The van der Waals surface area contributed by atoms with Gasteiger partial charge in [0, 0.05) is 17.7 Å². The van der Waals surface area contributed by atoms with Crippen LogP contribution in [0.15, 0.2) is 0 Å². The molecule has 2 fully saturated rings. The molecular formula is C13H24N2OS. The van der Waals surface area contributed by atoms with Gasteiger partial charge in [0.1, 0.15) is 0 Å². The van der Waals surface area contributed by atoms with Gasteiger partial charge in [-0.3, -0.25) is 4.79 Å². The summed E-state index contributed by atoms with van der Waals surface area (Å²) >= 11 is 2.01. The first-order chi connectivity index (χ1) is 8.18. The van der Waals surface area contributed by atoms with E-state index in [9.17, 15) is 4.79 Å². The van der Waals surface area contributed by atoms with Crippen LogP contribution in [0.2, 0.25) is 0 Å². The maximum absolute atomic E-state index is 11.8. The summed E-state index contributed by atoms with van der Waals surface area (Å²) in [5.41, 5.74) is 0. The Bertz CT molecular complexity index is 258. The molecule has 2 N–H and O–H groups in total. The van der Waals surface area contributed by atoms with E-state index in [-0.39, 0.29) is 5.91 Å². The van der Waals surface area contributed by atoms with E-state index in [1.807, 2.05) is 11.8 Å². The Morgan fingerprint density at radius 2 is 2.47 bits per heavy atom. The normalized spacial score (nSPS) is 32.9. The van der Waals surface area contributed by atoms with E-state index < -0.39 is 0 Å². The minimum atomic E-state index is 0.241. The van der Waals surface area contributed by atoms with Crippen LogP contribution < -0.4 is 10.6 Å². The monoisotopic (exact) mass is 256 g/mol. The molecule has 0 aromatic rings. The Kier molecular flexibility index (Phi) is 4.74. The van der Waals surface area contributed by atoms with Crippen molar-refractivity contribution in [1.82, 2.24) is 10.6 Å². The van der Waals surface area contributed by atoms with Crippen LogP contribution in [0.3, 0.4) is 0 Å². The lowest BCUT2D eigenvalue weighted by Gasteiger charge is -2.23. The second-order valence-corrected chi connectivity index (χ2v) is 7.26. The summed E-state index contributed by atoms with van der Waals surface area (Å²) in [6.07, 6.45) is 5.52. The molecule has 2 saturated heterocycles. The zero-order chi connectivity index (χ0) is 12.1. The Morgan fingerprint density at radius 1 is 1.59 bits per heavy atom. The quantitative estimate of drug-likeness (QED) is 0.788. The van der Waals surface area contributed by atoms with Crippen molar-refractivity contribution in [3.05, 3.63) is 0 Å². The third-order valence-electron chi connectivity index (χ3n) is 3.90. The number of nitrogens with one attached hydrogen (secondary N) is 2. The van der Waals surface area contributed by atoms with Gasteiger partial charge in [0.2, 0.25) is 5.91 Å². The molecule has 0 radical (unpaired) electrons. The summed E-state index contributed by atoms with van der Waals surface area (Å²) in [6.45, 7) is 5.34. The van der Waals surface area contributed by atoms with Crippen LogP contribution in [0, 0.1) is 5.92 Å². The first kappa shape index (κ1) is 13.2. The van der Waals surface area contributed by atoms with Crippen molar-refractivity contribution in [2.45, 2.75) is 43.8 Å². The molecule has 0 aromatic heterocycles. The van der Waals surface area contributed by atoms with Gasteiger partial charge in [-0.2, -0.15) is 11.8 Å². The zero-order valence-corrected chi connectivity index (χ0v) is 11.6. The summed E-state index contributed by atoms with van der Waals surface area (Å²) in [5, 5.41) is 6.45. The van der Waals surface area contributed by atoms with E-state index in [2.05, 4.69) is 17.6 Å². The molecule has 2 unspecified atom stereocenters. The second kappa shape index (κ2) is 6.10. The number of amides is 1. The smallest absolute Gasteiger partial charge is 0.220 e. The van der Waals surface area contributed by atoms with E-state index in [1.165, 1.54) is 25.0 Å². The van der Waals surface area contributed by atoms with E-state index in [1.54, 1.807) is 0 Å². The summed E-state index contributed by atoms with van der Waals surface area (Å²) in [4.78, 5) is 11.8. The molecule has 3 nitrogen and oxygen atoms in total. The average Bonchev–Trinajstić information content (AvgIpc) is 2.95. The van der Waals surface area contributed by atoms with Crippen LogP contribution in [0.4, 0.5) is 0 Å². The lowest BCUT2D eigenvalue weighted by atomic mass is 10.0. The number of carbonyl (C=O) groups excluding carboxylic acids is 1. The Hall–Kier alpha value is -0.220. The Morgan fingerprint density at radius 3 is 3.12 bits per heavy atom. The van der Waals surface area contributed by atoms with E-state index in [0.717, 1.165) is 32.0 Å². The van der Waals surface area contributed by atoms with Gasteiger partial charge in [-0.15, -0.1) is 0 Å². The number of hydrogen-bond donors (Lipinski definition) is 2. The maximum atomic E-state index is 11.8. The highest BCUT2D eigenvalue weighted by Crippen LogP contribution is 2.36. The van der Waals surface area contributed by atoms with Crippen LogP contribution in [-0.4, -0.2) is 36.0 Å². The molecule has 0 aliphatic carbocycles. The molecular weight excluding hydrogens is 232 g/mol. The van der Waals surface area contributed by atoms with Crippen LogP contribution in [0.5, 0.6) is 0 Å². The SMILES string of the molecule is CC1(CNC(=O)CCC2CCNC2)CCCS1. The van der Waals surface area contributed by atoms with Crippen molar-refractivity contribution >= 4 is 17.7 Å². The second-order valence-electron chi connectivity index (χ2n) is 5.58. The molecule has 2 atom stereocenters. The van der Waals surface area contributed by atoms with Gasteiger partial charge in [-0.1, -0.05) is 0 Å². The molecule has 2 rings (SSSR count). The molecule has 0 bridgehead atoms. The van der Waals surface area contributed by atoms with Crippen molar-refractivity contribution in [2.75, 3.05) is 25.4 Å². The number of hydrogen-bond acceptors (Lipinski definition) is 3. The molecule has 2 heterocycles. The van der Waals surface area contributed by atoms with Crippen molar-refractivity contribution < 1.29 is 4.79 Å². The van der Waals surface area contributed by atoms with Gasteiger partial charge in [0.15, 0.2) is 0 Å². The lowest BCUT2D eigenvalue weighted by molar-refractivity contribution is -0.121. The fraction of sp³-hybridized carbons (Fsp3) is 0.923. The van der Waals surface area contributed by atoms with Gasteiger partial charge in [-0.05, 0) is 57.4 Å². The number of thioether (sulfide) groups is 1. The van der Waals surface area contributed by atoms with Gasteiger partial charge in [-0.25, -0.2) is 0 Å². The summed E-state index contributed by atoms with van der Waals surface area (Å²) in [7, 11) is 0. The summed E-state index contributed by atoms with van der Waals surface area (Å²) in [5.74, 6) is 2.21.